The molecule has 2 aliphatic rings. The first-order valence-corrected chi connectivity index (χ1v) is 18.3. The first-order chi connectivity index (χ1) is 20.5. The van der Waals surface area contributed by atoms with E-state index in [4.69, 9.17) is 15.4 Å². The number of halogens is 1. The van der Waals surface area contributed by atoms with E-state index in [1.807, 2.05) is 0 Å². The number of piperidine rings is 1. The minimum atomic E-state index is -4.37. The van der Waals surface area contributed by atoms with Crippen LogP contribution in [0.25, 0.3) is 0 Å². The number of hydrogen-bond donors (Lipinski definition) is 2. The van der Waals surface area contributed by atoms with Gasteiger partial charge < -0.3 is 9.30 Å². The van der Waals surface area contributed by atoms with Crippen LogP contribution in [-0.2, 0) is 40.8 Å². The van der Waals surface area contributed by atoms with E-state index in [0.29, 0.717) is 5.75 Å². The number of hydrogen-bond acceptors (Lipinski definition) is 11. The SMILES string of the molecule is CC#CCOc1ccc(S(=O)(=O)CC2(C(=O)NO)CCN(S(=O)(=O)c3cn(C)cn3)C([N+]3(C)C=NC(S(=O)(=O)Cl)=C3)C2)cc1. The van der Waals surface area contributed by atoms with E-state index < -0.39 is 74.6 Å². The van der Waals surface area contributed by atoms with Crippen LogP contribution in [0, 0.1) is 17.3 Å². The Bertz CT molecular complexity index is 1900. The minimum Gasteiger partial charge on any atom is -0.481 e. The maximum absolute atomic E-state index is 13.8. The number of ether oxygens (including phenoxy) is 1. The standard InChI is InChI=1S/C25H29ClN6O9S3/c1-4-5-12-41-19-6-8-20(9-7-19)42(35,36)16-25(24(33)29-34)10-11-31(44(39,40)21-14-30(2)17-27-21)23(13-25)32(3)15-22(28-18-32)43(26,37)38/h6-9,14-15,17-18,23H,10-13,16H2,1-3H3,(H-,29,33,34)/p+1. The molecule has 2 aliphatic heterocycles. The van der Waals surface area contributed by atoms with Gasteiger partial charge in [0, 0.05) is 36.9 Å². The number of rotatable bonds is 10. The number of aromatic nitrogens is 2. The molecule has 0 aliphatic carbocycles. The van der Waals surface area contributed by atoms with Gasteiger partial charge in [-0.3, -0.25) is 10.0 Å². The molecule has 1 aromatic heterocycles. The van der Waals surface area contributed by atoms with E-state index >= 15 is 0 Å². The van der Waals surface area contributed by atoms with Gasteiger partial charge in [-0.15, -0.1) is 10.2 Å². The van der Waals surface area contributed by atoms with Crippen LogP contribution in [-0.4, -0.2) is 93.2 Å². The Morgan fingerprint density at radius 2 is 1.91 bits per heavy atom. The lowest BCUT2D eigenvalue weighted by molar-refractivity contribution is -0.801. The van der Waals surface area contributed by atoms with E-state index in [9.17, 15) is 35.3 Å². The van der Waals surface area contributed by atoms with Crippen molar-refractivity contribution in [2.45, 2.75) is 35.9 Å². The number of amides is 1. The molecule has 3 unspecified atom stereocenters. The van der Waals surface area contributed by atoms with E-state index in [1.165, 1.54) is 53.9 Å². The molecule has 19 heteroatoms. The fourth-order valence-electron chi connectivity index (χ4n) is 5.10. The molecule has 1 fully saturated rings. The normalized spacial score (nSPS) is 24.3. The van der Waals surface area contributed by atoms with Gasteiger partial charge in [0.1, 0.15) is 18.6 Å². The van der Waals surface area contributed by atoms with Crippen LogP contribution in [0.3, 0.4) is 0 Å². The molecule has 0 saturated carbocycles. The smallest absolute Gasteiger partial charge is 0.284 e. The molecule has 1 aromatic carbocycles. The summed E-state index contributed by atoms with van der Waals surface area (Å²) in [6, 6.07) is 5.46. The lowest BCUT2D eigenvalue weighted by Gasteiger charge is -2.47. The molecule has 0 bridgehead atoms. The Balaban J connectivity index is 1.77. The number of benzene rings is 1. The number of sulfonamides is 1. The number of hydroxylamine groups is 1. The van der Waals surface area contributed by atoms with Gasteiger partial charge in [-0.05, 0) is 37.6 Å². The van der Waals surface area contributed by atoms with Crippen LogP contribution in [0.2, 0.25) is 0 Å². The third-order valence-corrected chi connectivity index (χ3v) is 12.3. The number of aryl methyl sites for hydroxylation is 1. The maximum atomic E-state index is 13.8. The molecule has 1 saturated heterocycles. The molecule has 15 nitrogen and oxygen atoms in total. The van der Waals surface area contributed by atoms with Gasteiger partial charge in [-0.2, -0.15) is 4.99 Å². The van der Waals surface area contributed by atoms with Crippen molar-refractivity contribution in [3.05, 3.63) is 48.0 Å². The zero-order chi connectivity index (χ0) is 32.6. The largest absolute Gasteiger partial charge is 0.481 e. The number of quaternary nitrogens is 1. The van der Waals surface area contributed by atoms with Crippen LogP contribution in [0.4, 0.5) is 0 Å². The molecule has 2 N–H and O–H groups in total. The summed E-state index contributed by atoms with van der Waals surface area (Å²) in [5.41, 5.74) is -0.329. The first kappa shape index (κ1) is 33.6. The second-order valence-electron chi connectivity index (χ2n) is 10.5. The summed E-state index contributed by atoms with van der Waals surface area (Å²) in [6.45, 7) is 1.35. The summed E-state index contributed by atoms with van der Waals surface area (Å²) >= 11 is 0. The van der Waals surface area contributed by atoms with Crippen LogP contribution < -0.4 is 10.2 Å². The molecule has 238 valence electrons. The van der Waals surface area contributed by atoms with Crippen molar-refractivity contribution in [3.8, 4) is 17.6 Å². The van der Waals surface area contributed by atoms with Crippen LogP contribution in [0.5, 0.6) is 5.75 Å². The Morgan fingerprint density at radius 1 is 1.23 bits per heavy atom. The molecular formula is C25H30ClN6O9S3+. The van der Waals surface area contributed by atoms with Crippen molar-refractivity contribution in [1.29, 1.82) is 0 Å². The Morgan fingerprint density at radius 3 is 2.45 bits per heavy atom. The van der Waals surface area contributed by atoms with Crippen molar-refractivity contribution < 1.29 is 44.5 Å². The lowest BCUT2D eigenvalue weighted by Crippen LogP contribution is -2.65. The van der Waals surface area contributed by atoms with E-state index in [-0.39, 0.29) is 22.9 Å². The summed E-state index contributed by atoms with van der Waals surface area (Å²) < 4.78 is 86.4. The molecule has 3 heterocycles. The number of nitrogens with one attached hydrogen (secondary N) is 1. The highest BCUT2D eigenvalue weighted by molar-refractivity contribution is 8.16. The number of sulfone groups is 1. The van der Waals surface area contributed by atoms with Gasteiger partial charge in [0.2, 0.25) is 5.03 Å². The monoisotopic (exact) mass is 689 g/mol. The third kappa shape index (κ3) is 6.68. The zero-order valence-corrected chi connectivity index (χ0v) is 27.0. The quantitative estimate of drug-likeness (QED) is 0.118. The zero-order valence-electron chi connectivity index (χ0n) is 23.8. The van der Waals surface area contributed by atoms with Gasteiger partial charge in [0.15, 0.2) is 27.4 Å². The van der Waals surface area contributed by atoms with E-state index in [2.05, 4.69) is 21.8 Å². The lowest BCUT2D eigenvalue weighted by atomic mass is 9.78. The molecule has 2 aromatic rings. The van der Waals surface area contributed by atoms with E-state index in [0.717, 1.165) is 16.8 Å². The van der Waals surface area contributed by atoms with Crippen LogP contribution in [0.1, 0.15) is 19.8 Å². The molecule has 3 atom stereocenters. The number of imidazole rings is 1. The second-order valence-corrected chi connectivity index (χ2v) is 16.8. The van der Waals surface area contributed by atoms with E-state index in [1.54, 1.807) is 14.0 Å². The van der Waals surface area contributed by atoms with Crippen molar-refractivity contribution in [1.82, 2.24) is 19.3 Å². The molecule has 4 rings (SSSR count). The molecule has 1 amide bonds. The molecular weight excluding hydrogens is 660 g/mol. The van der Waals surface area contributed by atoms with Crippen molar-refractivity contribution >= 4 is 51.8 Å². The van der Waals surface area contributed by atoms with Crippen LogP contribution >= 0.6 is 10.7 Å². The fourth-order valence-corrected chi connectivity index (χ4v) is 9.35. The van der Waals surface area contributed by atoms with Gasteiger partial charge in [0.25, 0.3) is 25.0 Å². The third-order valence-electron chi connectivity index (χ3n) is 7.41. The molecule has 0 radical (unpaired) electrons. The second kappa shape index (κ2) is 12.2. The predicted molar refractivity (Wildman–Crippen MR) is 157 cm³/mol. The topological polar surface area (TPSA) is 194 Å². The predicted octanol–water partition coefficient (Wildman–Crippen LogP) is 0.755. The first-order valence-electron chi connectivity index (χ1n) is 12.9. The number of aliphatic imine (C=N–C) groups is 1. The van der Waals surface area contributed by atoms with Gasteiger partial charge in [-0.1, -0.05) is 5.92 Å². The molecule has 0 spiro atoms. The number of carbonyl (C=O) groups is 1. The highest BCUT2D eigenvalue weighted by Crippen LogP contribution is 2.43. The maximum Gasteiger partial charge on any atom is 0.284 e. The van der Waals surface area contributed by atoms with Crippen molar-refractivity contribution in [3.63, 3.8) is 0 Å². The Kier molecular flexibility index (Phi) is 9.34. The summed E-state index contributed by atoms with van der Waals surface area (Å²) in [6.07, 6.45) is 2.65. The summed E-state index contributed by atoms with van der Waals surface area (Å²) in [5.74, 6) is 3.89. The Hall–Kier alpha value is -3.31. The Labute approximate surface area is 259 Å². The van der Waals surface area contributed by atoms with Gasteiger partial charge in [-0.25, -0.2) is 40.2 Å². The van der Waals surface area contributed by atoms with Gasteiger partial charge >= 0.3 is 0 Å². The number of nitrogens with zero attached hydrogens (tertiary/aromatic N) is 5. The summed E-state index contributed by atoms with van der Waals surface area (Å²) in [4.78, 5) is 21.0. The van der Waals surface area contributed by atoms with Gasteiger partial charge in [0.05, 0.1) is 29.4 Å². The minimum absolute atomic E-state index is 0.100. The summed E-state index contributed by atoms with van der Waals surface area (Å²) in [5, 5.41) is 8.85. The highest BCUT2D eigenvalue weighted by Gasteiger charge is 2.57. The highest BCUT2D eigenvalue weighted by atomic mass is 35.7. The molecule has 44 heavy (non-hydrogen) atoms. The number of carbonyl (C=O) groups excluding carboxylic acids is 1. The fraction of sp³-hybridized carbons (Fsp3) is 0.400. The van der Waals surface area contributed by atoms with Crippen molar-refractivity contribution in [2.75, 3.05) is 26.0 Å². The summed E-state index contributed by atoms with van der Waals surface area (Å²) in [7, 11) is -4.43. The van der Waals surface area contributed by atoms with Crippen molar-refractivity contribution in [2.24, 2.45) is 17.5 Å². The average Bonchev–Trinajstić information content (AvgIpc) is 3.60. The van der Waals surface area contributed by atoms with Crippen LogP contribution in [0.15, 0.2) is 62.9 Å². The average molecular weight is 690 g/mol.